The van der Waals surface area contributed by atoms with Gasteiger partial charge in [-0.1, -0.05) is 23.7 Å². The molecule has 2 aromatic rings. The monoisotopic (exact) mass is 292 g/mol. The van der Waals surface area contributed by atoms with Crippen LogP contribution < -0.4 is 5.73 Å². The van der Waals surface area contributed by atoms with Crippen molar-refractivity contribution < 1.29 is 0 Å². The lowest BCUT2D eigenvalue weighted by Crippen LogP contribution is -2.21. The van der Waals surface area contributed by atoms with Crippen LogP contribution in [0.4, 0.5) is 0 Å². The van der Waals surface area contributed by atoms with Gasteiger partial charge in [-0.15, -0.1) is 11.3 Å². The molecule has 2 nitrogen and oxygen atoms in total. The highest BCUT2D eigenvalue weighted by molar-refractivity contribution is 7.11. The third-order valence-corrected chi connectivity index (χ3v) is 5.06. The Morgan fingerprint density at radius 3 is 2.84 bits per heavy atom. The summed E-state index contributed by atoms with van der Waals surface area (Å²) in [5.41, 5.74) is 8.35. The van der Waals surface area contributed by atoms with Crippen molar-refractivity contribution in [2.45, 2.75) is 25.7 Å². The van der Waals surface area contributed by atoms with Crippen LogP contribution >= 0.6 is 22.9 Å². The third kappa shape index (κ3) is 2.99. The van der Waals surface area contributed by atoms with E-state index in [1.807, 2.05) is 23.5 Å². The normalized spacial score (nSPS) is 18.3. The summed E-state index contributed by atoms with van der Waals surface area (Å²) in [4.78, 5) is 6.23. The molecule has 0 fully saturated rings. The Morgan fingerprint density at radius 1 is 1.32 bits per heavy atom. The summed E-state index contributed by atoms with van der Waals surface area (Å²) in [6.07, 6.45) is 4.30. The number of thiazole rings is 1. The van der Waals surface area contributed by atoms with Gasteiger partial charge < -0.3 is 5.73 Å². The van der Waals surface area contributed by atoms with E-state index in [2.05, 4.69) is 12.1 Å². The Kier molecular flexibility index (Phi) is 3.87. The summed E-state index contributed by atoms with van der Waals surface area (Å²) in [6.45, 7) is 0.795. The van der Waals surface area contributed by atoms with Crippen LogP contribution in [0, 0.1) is 5.92 Å². The molecule has 100 valence electrons. The van der Waals surface area contributed by atoms with Crippen molar-refractivity contribution in [2.24, 2.45) is 11.7 Å². The molecule has 1 aliphatic rings. The number of benzene rings is 1. The van der Waals surface area contributed by atoms with Crippen molar-refractivity contribution in [3.63, 3.8) is 0 Å². The van der Waals surface area contributed by atoms with Gasteiger partial charge in [-0.3, -0.25) is 0 Å². The molecule has 1 aliphatic carbocycles. The summed E-state index contributed by atoms with van der Waals surface area (Å²) >= 11 is 7.76. The van der Waals surface area contributed by atoms with Crippen LogP contribution in [0.3, 0.4) is 0 Å². The first kappa shape index (κ1) is 13.1. The van der Waals surface area contributed by atoms with Gasteiger partial charge in [0.1, 0.15) is 0 Å². The molecule has 1 aromatic heterocycles. The number of fused-ring (bicyclic) bond motifs is 1. The molecular formula is C15H17ClN2S. The Morgan fingerprint density at radius 2 is 2.11 bits per heavy atom. The molecule has 0 spiro atoms. The lowest BCUT2D eigenvalue weighted by molar-refractivity contribution is 0.469. The van der Waals surface area contributed by atoms with Crippen molar-refractivity contribution in [1.29, 1.82) is 0 Å². The molecular weight excluding hydrogens is 276 g/mol. The number of halogens is 1. The minimum atomic E-state index is 0.649. The summed E-state index contributed by atoms with van der Waals surface area (Å²) in [5, 5.41) is 2.00. The predicted octanol–water partition coefficient (Wildman–Crippen LogP) is 3.45. The molecule has 19 heavy (non-hydrogen) atoms. The molecule has 0 amide bonds. The van der Waals surface area contributed by atoms with E-state index in [1.165, 1.54) is 27.6 Å². The zero-order valence-corrected chi connectivity index (χ0v) is 12.3. The van der Waals surface area contributed by atoms with E-state index in [4.69, 9.17) is 22.3 Å². The Bertz CT molecular complexity index is 562. The summed E-state index contributed by atoms with van der Waals surface area (Å²) in [7, 11) is 0. The predicted molar refractivity (Wildman–Crippen MR) is 80.9 cm³/mol. The first-order chi connectivity index (χ1) is 9.24. The number of hydrogen-bond donors (Lipinski definition) is 1. The molecule has 3 rings (SSSR count). The lowest BCUT2D eigenvalue weighted by Gasteiger charge is -2.18. The van der Waals surface area contributed by atoms with Crippen LogP contribution in [0.5, 0.6) is 0 Å². The van der Waals surface area contributed by atoms with Crippen molar-refractivity contribution in [1.82, 2.24) is 4.98 Å². The molecule has 1 unspecified atom stereocenters. The average Bonchev–Trinajstić information content (AvgIpc) is 2.82. The van der Waals surface area contributed by atoms with E-state index < -0.39 is 0 Å². The zero-order chi connectivity index (χ0) is 13.2. The van der Waals surface area contributed by atoms with Gasteiger partial charge in [-0.2, -0.15) is 0 Å². The fraction of sp³-hybridized carbons (Fsp3) is 0.400. The van der Waals surface area contributed by atoms with E-state index in [1.54, 1.807) is 0 Å². The van der Waals surface area contributed by atoms with E-state index in [0.29, 0.717) is 5.92 Å². The third-order valence-electron chi connectivity index (χ3n) is 3.69. The van der Waals surface area contributed by atoms with Gasteiger partial charge in [-0.25, -0.2) is 4.98 Å². The number of aryl methyl sites for hydroxylation is 1. The van der Waals surface area contributed by atoms with Gasteiger partial charge in [0, 0.05) is 16.3 Å². The molecule has 1 atom stereocenters. The van der Waals surface area contributed by atoms with Crippen LogP contribution in [-0.4, -0.2) is 11.5 Å². The van der Waals surface area contributed by atoms with E-state index in [-0.39, 0.29) is 0 Å². The smallest absolute Gasteiger partial charge is 0.0974 e. The van der Waals surface area contributed by atoms with Crippen LogP contribution in [0.25, 0.3) is 0 Å². The number of nitrogens with zero attached hydrogens (tertiary/aromatic N) is 1. The van der Waals surface area contributed by atoms with Gasteiger partial charge in [0.2, 0.25) is 0 Å². The molecule has 1 aromatic carbocycles. The summed E-state index contributed by atoms with van der Waals surface area (Å²) in [6, 6.07) is 8.03. The first-order valence-electron chi connectivity index (χ1n) is 6.66. The maximum atomic E-state index is 5.90. The highest BCUT2D eigenvalue weighted by Crippen LogP contribution is 2.30. The van der Waals surface area contributed by atoms with Crippen LogP contribution in [0.2, 0.25) is 5.02 Å². The van der Waals surface area contributed by atoms with Gasteiger partial charge in [0.05, 0.1) is 10.7 Å². The van der Waals surface area contributed by atoms with Gasteiger partial charge in [0.15, 0.2) is 0 Å². The maximum Gasteiger partial charge on any atom is 0.0974 e. The molecule has 0 bridgehead atoms. The van der Waals surface area contributed by atoms with Crippen LogP contribution in [0.1, 0.15) is 27.6 Å². The van der Waals surface area contributed by atoms with Crippen LogP contribution in [0.15, 0.2) is 24.3 Å². The Balaban J connectivity index is 1.76. The topological polar surface area (TPSA) is 38.9 Å². The first-order valence-corrected chi connectivity index (χ1v) is 7.86. The number of aromatic nitrogens is 1. The minimum absolute atomic E-state index is 0.649. The zero-order valence-electron chi connectivity index (χ0n) is 10.7. The number of rotatable bonds is 3. The summed E-state index contributed by atoms with van der Waals surface area (Å²) in [5.74, 6) is 0.649. The SMILES string of the molecule is NCC1CCc2nc(Cc3ccc(Cl)cc3)sc2C1. The molecule has 1 heterocycles. The molecule has 0 saturated carbocycles. The van der Waals surface area contributed by atoms with E-state index in [9.17, 15) is 0 Å². The van der Waals surface area contributed by atoms with Gasteiger partial charge in [0.25, 0.3) is 0 Å². The van der Waals surface area contributed by atoms with Gasteiger partial charge >= 0.3 is 0 Å². The minimum Gasteiger partial charge on any atom is -0.330 e. The quantitative estimate of drug-likeness (QED) is 0.941. The van der Waals surface area contributed by atoms with E-state index in [0.717, 1.165) is 30.8 Å². The summed E-state index contributed by atoms with van der Waals surface area (Å²) < 4.78 is 0. The molecule has 4 heteroatoms. The standard InChI is InChI=1S/C15H17ClN2S/c16-12-4-1-10(2-5-12)8-15-18-13-6-3-11(9-17)7-14(13)19-15/h1-2,4-5,11H,3,6-9,17H2. The van der Waals surface area contributed by atoms with Crippen molar-refractivity contribution in [3.05, 3.63) is 50.4 Å². The Hall–Kier alpha value is -0.900. The van der Waals surface area contributed by atoms with Crippen molar-refractivity contribution in [3.8, 4) is 0 Å². The lowest BCUT2D eigenvalue weighted by atomic mass is 9.91. The molecule has 0 radical (unpaired) electrons. The van der Waals surface area contributed by atoms with Crippen LogP contribution in [-0.2, 0) is 19.3 Å². The fourth-order valence-corrected chi connectivity index (χ4v) is 3.94. The van der Waals surface area contributed by atoms with Crippen molar-refractivity contribution in [2.75, 3.05) is 6.54 Å². The molecule has 0 aliphatic heterocycles. The maximum absolute atomic E-state index is 5.90. The highest BCUT2D eigenvalue weighted by Gasteiger charge is 2.21. The number of nitrogens with two attached hydrogens (primary N) is 1. The Labute approximate surface area is 122 Å². The second kappa shape index (κ2) is 5.61. The molecule has 0 saturated heterocycles. The number of hydrogen-bond acceptors (Lipinski definition) is 3. The highest BCUT2D eigenvalue weighted by atomic mass is 35.5. The van der Waals surface area contributed by atoms with Gasteiger partial charge in [-0.05, 0) is 49.4 Å². The van der Waals surface area contributed by atoms with Crippen molar-refractivity contribution >= 4 is 22.9 Å². The second-order valence-electron chi connectivity index (χ2n) is 5.13. The average molecular weight is 293 g/mol. The second-order valence-corrected chi connectivity index (χ2v) is 6.73. The molecule has 2 N–H and O–H groups in total. The van der Waals surface area contributed by atoms with E-state index >= 15 is 0 Å². The fourth-order valence-electron chi connectivity index (χ4n) is 2.55. The largest absolute Gasteiger partial charge is 0.330 e.